The minimum Gasteiger partial charge on any atom is -0.351 e. The van der Waals surface area contributed by atoms with Crippen molar-refractivity contribution in [2.75, 3.05) is 42.9 Å². The Morgan fingerprint density at radius 3 is 2.76 bits per heavy atom. The molecule has 1 aromatic carbocycles. The third kappa shape index (κ3) is 1.87. The van der Waals surface area contributed by atoms with E-state index in [9.17, 15) is 0 Å². The molecule has 4 heteroatoms. The van der Waals surface area contributed by atoms with Gasteiger partial charge in [-0.3, -0.25) is 4.90 Å². The molecular formula is C13H20N4. The van der Waals surface area contributed by atoms with Crippen molar-refractivity contribution >= 4 is 11.4 Å². The van der Waals surface area contributed by atoms with Crippen LogP contribution in [0.2, 0.25) is 0 Å². The van der Waals surface area contributed by atoms with E-state index in [1.807, 2.05) is 0 Å². The van der Waals surface area contributed by atoms with E-state index in [-0.39, 0.29) is 0 Å². The fourth-order valence-corrected chi connectivity index (χ4v) is 2.75. The summed E-state index contributed by atoms with van der Waals surface area (Å²) in [6.45, 7) is 7.67. The number of piperazine rings is 1. The molecule has 0 aromatic heterocycles. The summed E-state index contributed by atoms with van der Waals surface area (Å²) < 4.78 is 0. The summed E-state index contributed by atoms with van der Waals surface area (Å²) in [5, 5.41) is 7.03. The number of rotatable bonds is 2. The number of fused-ring (bicyclic) bond motifs is 1. The lowest BCUT2D eigenvalue weighted by molar-refractivity contribution is 0.190. The summed E-state index contributed by atoms with van der Waals surface area (Å²) in [5.41, 5.74) is 2.59. The second-order valence-corrected chi connectivity index (χ2v) is 4.61. The van der Waals surface area contributed by atoms with Crippen molar-refractivity contribution in [3.05, 3.63) is 24.3 Å². The molecule has 0 bridgehead atoms. The minimum atomic E-state index is 0.333. The first kappa shape index (κ1) is 10.9. The van der Waals surface area contributed by atoms with Gasteiger partial charge in [-0.1, -0.05) is 12.1 Å². The zero-order valence-electron chi connectivity index (χ0n) is 10.3. The van der Waals surface area contributed by atoms with Gasteiger partial charge in [-0.05, 0) is 19.1 Å². The van der Waals surface area contributed by atoms with Gasteiger partial charge in [0.1, 0.15) is 0 Å². The summed E-state index contributed by atoms with van der Waals surface area (Å²) in [4.78, 5) is 4.96. The quantitative estimate of drug-likeness (QED) is 0.800. The van der Waals surface area contributed by atoms with Crippen molar-refractivity contribution in [1.82, 2.24) is 10.2 Å². The van der Waals surface area contributed by atoms with Gasteiger partial charge in [0.2, 0.25) is 0 Å². The van der Waals surface area contributed by atoms with E-state index in [0.29, 0.717) is 6.29 Å². The highest BCUT2D eigenvalue weighted by Crippen LogP contribution is 2.34. The average molecular weight is 232 g/mol. The molecule has 4 nitrogen and oxygen atoms in total. The Kier molecular flexibility index (Phi) is 2.91. The van der Waals surface area contributed by atoms with Gasteiger partial charge in [0.25, 0.3) is 0 Å². The highest BCUT2D eigenvalue weighted by molar-refractivity contribution is 5.75. The molecular weight excluding hydrogens is 212 g/mol. The molecule has 0 saturated carbocycles. The SMILES string of the molecule is CCN1c2ccccc2NC1N1CCNCC1. The van der Waals surface area contributed by atoms with Gasteiger partial charge in [0.15, 0.2) is 6.29 Å². The predicted octanol–water partition coefficient (Wildman–Crippen LogP) is 1.13. The normalized spacial score (nSPS) is 24.5. The fraction of sp³-hybridized carbons (Fsp3) is 0.538. The van der Waals surface area contributed by atoms with Crippen molar-refractivity contribution in [3.63, 3.8) is 0 Å². The lowest BCUT2D eigenvalue weighted by Gasteiger charge is -2.38. The third-order valence-electron chi connectivity index (χ3n) is 3.63. The van der Waals surface area contributed by atoms with Crippen molar-refractivity contribution in [1.29, 1.82) is 0 Å². The maximum absolute atomic E-state index is 3.63. The van der Waals surface area contributed by atoms with Crippen LogP contribution >= 0.6 is 0 Å². The number of hydrogen-bond donors (Lipinski definition) is 2. The minimum absolute atomic E-state index is 0.333. The average Bonchev–Trinajstić information content (AvgIpc) is 2.78. The van der Waals surface area contributed by atoms with Gasteiger partial charge in [0.05, 0.1) is 11.4 Å². The van der Waals surface area contributed by atoms with Crippen LogP contribution in [0.25, 0.3) is 0 Å². The molecule has 0 radical (unpaired) electrons. The Morgan fingerprint density at radius 2 is 2.00 bits per heavy atom. The number of nitrogens with one attached hydrogen (secondary N) is 2. The smallest absolute Gasteiger partial charge is 0.158 e. The molecule has 3 rings (SSSR count). The number of benzene rings is 1. The number of anilines is 2. The van der Waals surface area contributed by atoms with E-state index in [2.05, 4.69) is 51.6 Å². The zero-order chi connectivity index (χ0) is 11.7. The van der Waals surface area contributed by atoms with Crippen molar-refractivity contribution in [2.24, 2.45) is 0 Å². The van der Waals surface area contributed by atoms with E-state index in [4.69, 9.17) is 0 Å². The molecule has 2 heterocycles. The van der Waals surface area contributed by atoms with Crippen LogP contribution in [0.3, 0.4) is 0 Å². The Balaban J connectivity index is 1.83. The van der Waals surface area contributed by atoms with Crippen LogP contribution in [0.4, 0.5) is 11.4 Å². The lowest BCUT2D eigenvalue weighted by atomic mass is 10.3. The predicted molar refractivity (Wildman–Crippen MR) is 71.3 cm³/mol. The summed E-state index contributed by atoms with van der Waals surface area (Å²) in [6.07, 6.45) is 0.333. The topological polar surface area (TPSA) is 30.5 Å². The fourth-order valence-electron chi connectivity index (χ4n) is 2.75. The van der Waals surface area contributed by atoms with Gasteiger partial charge >= 0.3 is 0 Å². The van der Waals surface area contributed by atoms with Crippen LogP contribution in [-0.2, 0) is 0 Å². The lowest BCUT2D eigenvalue weighted by Crippen LogP contribution is -2.56. The van der Waals surface area contributed by atoms with Crippen LogP contribution in [0.5, 0.6) is 0 Å². The first-order chi connectivity index (χ1) is 8.40. The molecule has 0 aliphatic carbocycles. The van der Waals surface area contributed by atoms with Gasteiger partial charge in [-0.15, -0.1) is 0 Å². The zero-order valence-corrected chi connectivity index (χ0v) is 10.3. The number of para-hydroxylation sites is 2. The molecule has 2 aliphatic rings. The first-order valence-electron chi connectivity index (χ1n) is 6.47. The van der Waals surface area contributed by atoms with E-state index in [1.54, 1.807) is 0 Å². The van der Waals surface area contributed by atoms with E-state index >= 15 is 0 Å². The molecule has 17 heavy (non-hydrogen) atoms. The Labute approximate surface area is 103 Å². The Bertz CT molecular complexity index is 387. The molecule has 92 valence electrons. The van der Waals surface area contributed by atoms with Crippen molar-refractivity contribution in [2.45, 2.75) is 13.2 Å². The highest BCUT2D eigenvalue weighted by Gasteiger charge is 2.32. The Hall–Kier alpha value is -1.26. The monoisotopic (exact) mass is 232 g/mol. The van der Waals surface area contributed by atoms with Crippen LogP contribution in [0, 0.1) is 0 Å². The third-order valence-corrected chi connectivity index (χ3v) is 3.63. The van der Waals surface area contributed by atoms with Gasteiger partial charge in [-0.25, -0.2) is 0 Å². The summed E-state index contributed by atoms with van der Waals surface area (Å²) in [6, 6.07) is 8.58. The molecule has 1 aromatic rings. The molecule has 1 atom stereocenters. The molecule has 2 N–H and O–H groups in total. The second-order valence-electron chi connectivity index (χ2n) is 4.61. The van der Waals surface area contributed by atoms with Crippen LogP contribution in [0.1, 0.15) is 6.92 Å². The Morgan fingerprint density at radius 1 is 1.24 bits per heavy atom. The standard InChI is InChI=1S/C13H20N4/c1-2-17-12-6-4-3-5-11(12)15-13(17)16-9-7-14-8-10-16/h3-6,13-15H,2,7-10H2,1H3. The highest BCUT2D eigenvalue weighted by atomic mass is 15.5. The largest absolute Gasteiger partial charge is 0.351 e. The van der Waals surface area contributed by atoms with Crippen molar-refractivity contribution < 1.29 is 0 Å². The molecule has 0 spiro atoms. The maximum Gasteiger partial charge on any atom is 0.158 e. The molecule has 1 fully saturated rings. The van der Waals surface area contributed by atoms with Crippen molar-refractivity contribution in [3.8, 4) is 0 Å². The van der Waals surface area contributed by atoms with Gasteiger partial charge < -0.3 is 15.5 Å². The summed E-state index contributed by atoms with van der Waals surface area (Å²) in [5.74, 6) is 0. The van der Waals surface area contributed by atoms with Crippen LogP contribution < -0.4 is 15.5 Å². The van der Waals surface area contributed by atoms with Gasteiger partial charge in [0, 0.05) is 32.7 Å². The number of hydrogen-bond acceptors (Lipinski definition) is 4. The molecule has 1 saturated heterocycles. The van der Waals surface area contributed by atoms with E-state index in [0.717, 1.165) is 32.7 Å². The molecule has 0 amide bonds. The molecule has 1 unspecified atom stereocenters. The van der Waals surface area contributed by atoms with Gasteiger partial charge in [-0.2, -0.15) is 0 Å². The molecule has 2 aliphatic heterocycles. The first-order valence-corrected chi connectivity index (χ1v) is 6.47. The second kappa shape index (κ2) is 4.55. The summed E-state index contributed by atoms with van der Waals surface area (Å²) in [7, 11) is 0. The van der Waals surface area contributed by atoms with Crippen LogP contribution in [0.15, 0.2) is 24.3 Å². The maximum atomic E-state index is 3.63. The van der Waals surface area contributed by atoms with E-state index in [1.165, 1.54) is 11.4 Å². The van der Waals surface area contributed by atoms with E-state index < -0.39 is 0 Å². The van der Waals surface area contributed by atoms with Crippen LogP contribution in [-0.4, -0.2) is 43.9 Å². The summed E-state index contributed by atoms with van der Waals surface area (Å²) >= 11 is 0. The number of nitrogens with zero attached hydrogens (tertiary/aromatic N) is 2.